The minimum absolute atomic E-state index is 0.268. The summed E-state index contributed by atoms with van der Waals surface area (Å²) >= 11 is 5.96. The van der Waals surface area contributed by atoms with Gasteiger partial charge in [-0.15, -0.1) is 0 Å². The molecule has 2 aliphatic heterocycles. The van der Waals surface area contributed by atoms with Gasteiger partial charge in [-0.25, -0.2) is 9.37 Å². The molecule has 2 aliphatic rings. The van der Waals surface area contributed by atoms with Crippen molar-refractivity contribution in [1.82, 2.24) is 20.4 Å². The van der Waals surface area contributed by atoms with E-state index < -0.39 is 0 Å². The summed E-state index contributed by atoms with van der Waals surface area (Å²) in [4.78, 5) is 9.48. The zero-order chi connectivity index (χ0) is 25.9. The predicted octanol–water partition coefficient (Wildman–Crippen LogP) is 5.28. The van der Waals surface area contributed by atoms with Crippen LogP contribution in [-0.4, -0.2) is 53.9 Å². The van der Waals surface area contributed by atoms with Gasteiger partial charge in [0.1, 0.15) is 5.82 Å². The molecular formula is C29H31ClFN5O2. The quantitative estimate of drug-likeness (QED) is 0.329. The van der Waals surface area contributed by atoms with E-state index in [0.717, 1.165) is 67.5 Å². The van der Waals surface area contributed by atoms with Crippen LogP contribution >= 0.6 is 11.6 Å². The fourth-order valence-electron chi connectivity index (χ4n) is 5.49. The van der Waals surface area contributed by atoms with E-state index in [0.29, 0.717) is 36.6 Å². The molecule has 6 rings (SSSR count). The Bertz CT molecular complexity index is 1380. The van der Waals surface area contributed by atoms with Crippen molar-refractivity contribution in [2.45, 2.75) is 32.0 Å². The third-order valence-electron chi connectivity index (χ3n) is 7.51. The molecule has 1 N–H and O–H groups in total. The highest BCUT2D eigenvalue weighted by Gasteiger charge is 2.34. The predicted molar refractivity (Wildman–Crippen MR) is 146 cm³/mol. The summed E-state index contributed by atoms with van der Waals surface area (Å²) in [7, 11) is 0. The van der Waals surface area contributed by atoms with Crippen LogP contribution in [-0.2, 0) is 13.1 Å². The number of piperazine rings is 1. The van der Waals surface area contributed by atoms with Crippen molar-refractivity contribution in [1.29, 1.82) is 0 Å². The van der Waals surface area contributed by atoms with Crippen LogP contribution < -0.4 is 15.0 Å². The molecule has 0 bridgehead atoms. The van der Waals surface area contributed by atoms with Crippen molar-refractivity contribution < 1.29 is 13.7 Å². The molecule has 0 spiro atoms. The van der Waals surface area contributed by atoms with Gasteiger partial charge >= 0.3 is 0 Å². The minimum Gasteiger partial charge on any atom is -0.477 e. The Hall–Kier alpha value is -3.20. The molecule has 4 heterocycles. The number of nitrogens with zero attached hydrogens (tertiary/aromatic N) is 4. The number of piperidine rings is 1. The Balaban J connectivity index is 0.981. The lowest BCUT2D eigenvalue weighted by molar-refractivity contribution is 0.0716. The fraction of sp³-hybridized carbons (Fsp3) is 0.379. The molecule has 2 atom stereocenters. The van der Waals surface area contributed by atoms with Crippen molar-refractivity contribution >= 4 is 28.4 Å². The largest absolute Gasteiger partial charge is 0.477 e. The van der Waals surface area contributed by atoms with Crippen molar-refractivity contribution in [3.63, 3.8) is 0 Å². The summed E-state index contributed by atoms with van der Waals surface area (Å²) in [5, 5.41) is 9.17. The van der Waals surface area contributed by atoms with Crippen LogP contribution in [0.5, 0.6) is 5.88 Å². The van der Waals surface area contributed by atoms with Gasteiger partial charge in [0.2, 0.25) is 5.88 Å². The Labute approximate surface area is 226 Å². The lowest BCUT2D eigenvalue weighted by atomic mass is 9.91. The minimum atomic E-state index is -0.268. The number of nitrogens with one attached hydrogen (secondary N) is 1. The molecule has 0 aliphatic carbocycles. The van der Waals surface area contributed by atoms with Gasteiger partial charge in [0.05, 0.1) is 17.7 Å². The lowest BCUT2D eigenvalue weighted by Crippen LogP contribution is -2.57. The average Bonchev–Trinajstić information content (AvgIpc) is 3.36. The summed E-state index contributed by atoms with van der Waals surface area (Å²) < 4.78 is 25.4. The van der Waals surface area contributed by atoms with E-state index >= 15 is 0 Å². The van der Waals surface area contributed by atoms with E-state index in [1.165, 1.54) is 17.7 Å². The maximum Gasteiger partial charge on any atom is 0.213 e. The summed E-state index contributed by atoms with van der Waals surface area (Å²) in [5.74, 6) is 1.62. The smallest absolute Gasteiger partial charge is 0.213 e. The second kappa shape index (κ2) is 11.3. The van der Waals surface area contributed by atoms with Crippen LogP contribution in [0.15, 0.2) is 65.2 Å². The van der Waals surface area contributed by atoms with E-state index in [1.54, 1.807) is 6.07 Å². The molecule has 198 valence electrons. The number of anilines is 1. The second-order valence-corrected chi connectivity index (χ2v) is 10.6. The fourth-order valence-corrected chi connectivity index (χ4v) is 5.62. The summed E-state index contributed by atoms with van der Waals surface area (Å²) in [6.45, 7) is 5.75. The molecule has 2 saturated heterocycles. The van der Waals surface area contributed by atoms with Gasteiger partial charge in [-0.1, -0.05) is 35.0 Å². The van der Waals surface area contributed by atoms with Crippen LogP contribution in [0.4, 0.5) is 10.2 Å². The maximum atomic E-state index is 13.8. The number of hydrogen-bond donors (Lipinski definition) is 1. The highest BCUT2D eigenvalue weighted by atomic mass is 35.5. The van der Waals surface area contributed by atoms with Crippen molar-refractivity contribution in [2.75, 3.05) is 37.7 Å². The Morgan fingerprint density at radius 2 is 1.92 bits per heavy atom. The lowest BCUT2D eigenvalue weighted by Gasteiger charge is -2.46. The molecule has 0 saturated carbocycles. The number of aromatic nitrogens is 2. The average molecular weight is 536 g/mol. The highest BCUT2D eigenvalue weighted by Crippen LogP contribution is 2.31. The number of pyridine rings is 1. The van der Waals surface area contributed by atoms with E-state index in [1.807, 2.05) is 42.5 Å². The molecule has 4 aromatic rings. The van der Waals surface area contributed by atoms with Crippen molar-refractivity contribution in [3.8, 4) is 5.88 Å². The number of ether oxygens (including phenoxy) is 1. The van der Waals surface area contributed by atoms with Gasteiger partial charge in [-0.3, -0.25) is 4.90 Å². The molecule has 0 amide bonds. The summed E-state index contributed by atoms with van der Waals surface area (Å²) in [6, 6.07) is 18.8. The molecule has 9 heteroatoms. The number of benzene rings is 2. The Morgan fingerprint density at radius 1 is 1.03 bits per heavy atom. The first-order valence-corrected chi connectivity index (χ1v) is 13.6. The Kier molecular flexibility index (Phi) is 7.44. The highest BCUT2D eigenvalue weighted by molar-refractivity contribution is 6.30. The van der Waals surface area contributed by atoms with Crippen LogP contribution in [0, 0.1) is 11.7 Å². The van der Waals surface area contributed by atoms with E-state index in [4.69, 9.17) is 20.9 Å². The van der Waals surface area contributed by atoms with E-state index in [2.05, 4.69) is 25.3 Å². The molecule has 2 aromatic carbocycles. The monoisotopic (exact) mass is 535 g/mol. The first-order valence-electron chi connectivity index (χ1n) is 13.2. The molecule has 2 fully saturated rings. The standard InChI is InChI=1S/C29H31ClFN5O2/c30-22-7-4-20(5-8-22)15-32-16-24-2-1-3-28(33-24)37-19-21-6-10-25-18-36(13-12-35(25)17-21)29-26-14-23(31)9-11-27(26)38-34-29/h1-5,7-9,11,14,21,25,32H,6,10,12-13,15-19H2/t21-,25+/m1/s1. The van der Waals surface area contributed by atoms with Crippen LogP contribution in [0.25, 0.3) is 11.0 Å². The van der Waals surface area contributed by atoms with Crippen LogP contribution in [0.3, 0.4) is 0 Å². The third-order valence-corrected chi connectivity index (χ3v) is 7.77. The van der Waals surface area contributed by atoms with Crippen molar-refractivity contribution in [3.05, 3.63) is 82.8 Å². The second-order valence-electron chi connectivity index (χ2n) is 10.2. The molecule has 0 radical (unpaired) electrons. The number of rotatable bonds is 8. The Morgan fingerprint density at radius 3 is 2.82 bits per heavy atom. The topological polar surface area (TPSA) is 66.7 Å². The zero-order valence-electron chi connectivity index (χ0n) is 21.2. The van der Waals surface area contributed by atoms with Gasteiger partial charge in [0, 0.05) is 62.3 Å². The van der Waals surface area contributed by atoms with E-state index in [9.17, 15) is 4.39 Å². The van der Waals surface area contributed by atoms with Gasteiger partial charge in [-0.05, 0) is 54.8 Å². The molecular weight excluding hydrogens is 505 g/mol. The van der Waals surface area contributed by atoms with Crippen LogP contribution in [0.1, 0.15) is 24.1 Å². The molecule has 7 nitrogen and oxygen atoms in total. The van der Waals surface area contributed by atoms with Gasteiger partial charge in [0.25, 0.3) is 0 Å². The van der Waals surface area contributed by atoms with Gasteiger partial charge in [0.15, 0.2) is 11.4 Å². The zero-order valence-corrected chi connectivity index (χ0v) is 21.9. The van der Waals surface area contributed by atoms with Crippen LogP contribution in [0.2, 0.25) is 5.02 Å². The molecule has 38 heavy (non-hydrogen) atoms. The van der Waals surface area contributed by atoms with Crippen molar-refractivity contribution in [2.24, 2.45) is 5.92 Å². The summed E-state index contributed by atoms with van der Waals surface area (Å²) in [6.07, 6.45) is 2.20. The number of hydrogen-bond acceptors (Lipinski definition) is 7. The molecule has 0 unspecified atom stereocenters. The number of fused-ring (bicyclic) bond motifs is 2. The maximum absolute atomic E-state index is 13.8. The van der Waals surface area contributed by atoms with Gasteiger partial charge < -0.3 is 19.5 Å². The molecule has 2 aromatic heterocycles. The van der Waals surface area contributed by atoms with E-state index in [-0.39, 0.29) is 5.82 Å². The SMILES string of the molecule is Fc1ccc2onc(N3CCN4C[C@H](COc5cccc(CNCc6ccc(Cl)cc6)n5)CC[C@H]4C3)c2c1. The summed E-state index contributed by atoms with van der Waals surface area (Å²) in [5.41, 5.74) is 2.76. The van der Waals surface area contributed by atoms with Gasteiger partial charge in [-0.2, -0.15) is 0 Å². The third kappa shape index (κ3) is 5.77. The first kappa shape index (κ1) is 25.1. The number of halogens is 2. The first-order chi connectivity index (χ1) is 18.6. The normalized spacial score (nSPS) is 20.0.